The highest BCUT2D eigenvalue weighted by Crippen LogP contribution is 2.27. The van der Waals surface area contributed by atoms with E-state index in [-0.39, 0.29) is 0 Å². The molecule has 98 valence electrons. The van der Waals surface area contributed by atoms with E-state index in [1.807, 2.05) is 6.07 Å². The van der Waals surface area contributed by atoms with Crippen molar-refractivity contribution in [2.75, 3.05) is 31.9 Å². The molecule has 2 N–H and O–H groups in total. The zero-order valence-electron chi connectivity index (χ0n) is 10.5. The second kappa shape index (κ2) is 5.03. The van der Waals surface area contributed by atoms with Gasteiger partial charge in [0, 0.05) is 38.8 Å². The highest BCUT2D eigenvalue weighted by molar-refractivity contribution is 6.31. The third kappa shape index (κ3) is 2.76. The molecule has 0 radical (unpaired) electrons. The predicted molar refractivity (Wildman–Crippen MR) is 73.5 cm³/mol. The minimum Gasteiger partial charge on any atom is -0.384 e. The van der Waals surface area contributed by atoms with Crippen LogP contribution in [0, 0.1) is 0 Å². The Bertz CT molecular complexity index is 425. The van der Waals surface area contributed by atoms with E-state index in [0.29, 0.717) is 10.8 Å². The van der Waals surface area contributed by atoms with Crippen molar-refractivity contribution in [1.82, 2.24) is 14.8 Å². The molecule has 2 heterocycles. The van der Waals surface area contributed by atoms with Crippen molar-refractivity contribution >= 4 is 17.4 Å². The van der Waals surface area contributed by atoms with E-state index in [4.69, 9.17) is 17.3 Å². The summed E-state index contributed by atoms with van der Waals surface area (Å²) in [4.78, 5) is 9.34. The maximum Gasteiger partial charge on any atom is 0.123 e. The second-order valence-electron chi connectivity index (χ2n) is 5.21. The molecule has 1 saturated heterocycles. The minimum absolute atomic E-state index is 0.547. The number of hydrogen-bond donors (Lipinski definition) is 1. The molecule has 1 aliphatic carbocycles. The highest BCUT2D eigenvalue weighted by Gasteiger charge is 2.31. The molecule has 1 aromatic heterocycles. The van der Waals surface area contributed by atoms with Gasteiger partial charge in [-0.1, -0.05) is 11.6 Å². The van der Waals surface area contributed by atoms with Gasteiger partial charge in [0.05, 0.1) is 10.7 Å². The van der Waals surface area contributed by atoms with E-state index in [2.05, 4.69) is 14.8 Å². The Balaban J connectivity index is 1.58. The average Bonchev–Trinajstić information content (AvgIpc) is 3.19. The van der Waals surface area contributed by atoms with Gasteiger partial charge in [0.1, 0.15) is 5.82 Å². The predicted octanol–water partition coefficient (Wildman–Crippen LogP) is 1.60. The second-order valence-corrected chi connectivity index (χ2v) is 5.62. The van der Waals surface area contributed by atoms with Gasteiger partial charge in [-0.05, 0) is 25.0 Å². The molecule has 0 spiro atoms. The highest BCUT2D eigenvalue weighted by atomic mass is 35.5. The monoisotopic (exact) mass is 266 g/mol. The lowest BCUT2D eigenvalue weighted by atomic mass is 10.2. The molecule has 0 amide bonds. The number of hydrogen-bond acceptors (Lipinski definition) is 4. The van der Waals surface area contributed by atoms with E-state index in [1.54, 1.807) is 6.07 Å². The first-order valence-corrected chi connectivity index (χ1v) is 6.97. The third-order valence-electron chi connectivity index (χ3n) is 3.78. The summed E-state index contributed by atoms with van der Waals surface area (Å²) in [5, 5.41) is 0.717. The molecule has 0 unspecified atom stereocenters. The Morgan fingerprint density at radius 1 is 1.22 bits per heavy atom. The Morgan fingerprint density at radius 3 is 2.61 bits per heavy atom. The standard InChI is InChI=1S/C13H19ClN4/c14-11-3-4-13(15)16-12(11)9-17-5-7-18(8-6-17)10-1-2-10/h3-4,10H,1-2,5-9H2,(H2,15,16). The molecule has 0 bridgehead atoms. The first-order chi connectivity index (χ1) is 8.72. The van der Waals surface area contributed by atoms with Crippen LogP contribution in [0.15, 0.2) is 12.1 Å². The molecule has 3 rings (SSSR count). The summed E-state index contributed by atoms with van der Waals surface area (Å²) in [5.74, 6) is 0.547. The Hall–Kier alpha value is -0.840. The minimum atomic E-state index is 0.547. The zero-order chi connectivity index (χ0) is 12.5. The number of rotatable bonds is 3. The van der Waals surface area contributed by atoms with E-state index in [0.717, 1.165) is 31.4 Å². The van der Waals surface area contributed by atoms with Crippen molar-refractivity contribution in [2.24, 2.45) is 0 Å². The fourth-order valence-corrected chi connectivity index (χ4v) is 2.72. The molecule has 2 aliphatic rings. The molecule has 0 atom stereocenters. The van der Waals surface area contributed by atoms with Gasteiger partial charge >= 0.3 is 0 Å². The molecule has 5 heteroatoms. The maximum absolute atomic E-state index is 6.15. The van der Waals surface area contributed by atoms with Crippen molar-refractivity contribution in [3.05, 3.63) is 22.8 Å². The van der Waals surface area contributed by atoms with Crippen LogP contribution in [0.3, 0.4) is 0 Å². The van der Waals surface area contributed by atoms with Crippen molar-refractivity contribution < 1.29 is 0 Å². The number of aromatic nitrogens is 1. The van der Waals surface area contributed by atoms with Gasteiger partial charge in [-0.25, -0.2) is 4.98 Å². The Kier molecular flexibility index (Phi) is 3.41. The van der Waals surface area contributed by atoms with Crippen LogP contribution in [-0.2, 0) is 6.54 Å². The average molecular weight is 267 g/mol. The largest absolute Gasteiger partial charge is 0.384 e. The summed E-state index contributed by atoms with van der Waals surface area (Å²) in [7, 11) is 0. The van der Waals surface area contributed by atoms with Crippen LogP contribution in [0.25, 0.3) is 0 Å². The number of piperazine rings is 1. The number of halogens is 1. The quantitative estimate of drug-likeness (QED) is 0.903. The normalized spacial score (nSPS) is 22.3. The van der Waals surface area contributed by atoms with Crippen LogP contribution < -0.4 is 5.73 Å². The maximum atomic E-state index is 6.15. The number of anilines is 1. The van der Waals surface area contributed by atoms with E-state index < -0.39 is 0 Å². The smallest absolute Gasteiger partial charge is 0.123 e. The van der Waals surface area contributed by atoms with Gasteiger partial charge in [0.15, 0.2) is 0 Å². The molecule has 4 nitrogen and oxygen atoms in total. The van der Waals surface area contributed by atoms with Crippen LogP contribution in [0.2, 0.25) is 5.02 Å². The number of nitrogens with zero attached hydrogens (tertiary/aromatic N) is 3. The summed E-state index contributed by atoms with van der Waals surface area (Å²) >= 11 is 6.15. The zero-order valence-corrected chi connectivity index (χ0v) is 11.2. The van der Waals surface area contributed by atoms with Gasteiger partial charge in [0.25, 0.3) is 0 Å². The number of pyridine rings is 1. The molecule has 2 fully saturated rings. The van der Waals surface area contributed by atoms with Crippen molar-refractivity contribution in [1.29, 1.82) is 0 Å². The van der Waals surface area contributed by atoms with E-state index in [1.165, 1.54) is 25.9 Å². The SMILES string of the molecule is Nc1ccc(Cl)c(CN2CCN(C3CC3)CC2)n1. The molecule has 18 heavy (non-hydrogen) atoms. The molecule has 1 aromatic rings. The van der Waals surface area contributed by atoms with Gasteiger partial charge in [0.2, 0.25) is 0 Å². The van der Waals surface area contributed by atoms with Crippen molar-refractivity contribution in [3.8, 4) is 0 Å². The van der Waals surface area contributed by atoms with Crippen LogP contribution in [0.5, 0.6) is 0 Å². The molecule has 1 aliphatic heterocycles. The lowest BCUT2D eigenvalue weighted by molar-refractivity contribution is 0.120. The molecule has 1 saturated carbocycles. The Labute approximate surface area is 113 Å². The molecule has 0 aromatic carbocycles. The fraction of sp³-hybridized carbons (Fsp3) is 0.615. The van der Waals surface area contributed by atoms with Crippen molar-refractivity contribution in [3.63, 3.8) is 0 Å². The number of nitrogens with two attached hydrogens (primary N) is 1. The van der Waals surface area contributed by atoms with Gasteiger partial charge in [-0.15, -0.1) is 0 Å². The first kappa shape index (κ1) is 12.2. The van der Waals surface area contributed by atoms with Gasteiger partial charge < -0.3 is 5.73 Å². The van der Waals surface area contributed by atoms with Crippen LogP contribution >= 0.6 is 11.6 Å². The summed E-state index contributed by atoms with van der Waals surface area (Å²) in [6.45, 7) is 5.35. The molecular formula is C13H19ClN4. The fourth-order valence-electron chi connectivity index (χ4n) is 2.55. The van der Waals surface area contributed by atoms with Crippen molar-refractivity contribution in [2.45, 2.75) is 25.4 Å². The van der Waals surface area contributed by atoms with Crippen LogP contribution in [0.1, 0.15) is 18.5 Å². The van der Waals surface area contributed by atoms with Crippen LogP contribution in [0.4, 0.5) is 5.82 Å². The first-order valence-electron chi connectivity index (χ1n) is 6.59. The van der Waals surface area contributed by atoms with E-state index >= 15 is 0 Å². The van der Waals surface area contributed by atoms with Crippen LogP contribution in [-0.4, -0.2) is 47.0 Å². The summed E-state index contributed by atoms with van der Waals surface area (Å²) in [5.41, 5.74) is 6.61. The molecular weight excluding hydrogens is 248 g/mol. The number of nitrogen functional groups attached to an aromatic ring is 1. The summed E-state index contributed by atoms with van der Waals surface area (Å²) in [6.07, 6.45) is 2.78. The lowest BCUT2D eigenvalue weighted by Crippen LogP contribution is -2.46. The van der Waals surface area contributed by atoms with Gasteiger partial charge in [-0.3, -0.25) is 9.80 Å². The third-order valence-corrected chi connectivity index (χ3v) is 4.13. The Morgan fingerprint density at radius 2 is 1.94 bits per heavy atom. The summed E-state index contributed by atoms with van der Waals surface area (Å²) < 4.78 is 0. The summed E-state index contributed by atoms with van der Waals surface area (Å²) in [6, 6.07) is 4.46. The van der Waals surface area contributed by atoms with E-state index in [9.17, 15) is 0 Å². The topological polar surface area (TPSA) is 45.4 Å². The van der Waals surface area contributed by atoms with Gasteiger partial charge in [-0.2, -0.15) is 0 Å². The lowest BCUT2D eigenvalue weighted by Gasteiger charge is -2.34.